The Morgan fingerprint density at radius 2 is 0.400 bits per heavy atom. The second kappa shape index (κ2) is 27.2. The van der Waals surface area contributed by atoms with Crippen molar-refractivity contribution >= 4 is 25.7 Å². The molecule has 424 valence electrons. The first-order chi connectivity index (χ1) is 39.3. The summed E-state index contributed by atoms with van der Waals surface area (Å²) < 4.78 is 22.3. The van der Waals surface area contributed by atoms with E-state index in [-0.39, 0.29) is 0 Å². The first kappa shape index (κ1) is 58.6. The normalized spacial score (nSPS) is 15.1. The molecule has 0 radical (unpaired) electrons. The Balaban J connectivity index is 0.000000194. The lowest BCUT2D eigenvalue weighted by atomic mass is 9.35. The van der Waals surface area contributed by atoms with Crippen molar-refractivity contribution in [2.75, 3.05) is 0 Å². The van der Waals surface area contributed by atoms with Crippen molar-refractivity contribution in [2.24, 2.45) is 0 Å². The summed E-state index contributed by atoms with van der Waals surface area (Å²) in [6.07, 6.45) is 45.3. The van der Waals surface area contributed by atoms with Crippen molar-refractivity contribution < 1.29 is 18.4 Å². The minimum atomic E-state index is -1.05. The van der Waals surface area contributed by atoms with Crippen LogP contribution in [0, 0.1) is 0 Å². The Hall–Kier alpha value is -6.02. The van der Waals surface area contributed by atoms with Crippen molar-refractivity contribution in [1.29, 1.82) is 0 Å². The maximum Gasteiger partial charge on any atom is 0.439 e. The Kier molecular flexibility index (Phi) is 19.9. The second-order valence-corrected chi connectivity index (χ2v) is 25.0. The minimum absolute atomic E-state index is 1.05. The minimum Gasteiger partial charge on any atom is -0.342 e. The summed E-state index contributed by atoms with van der Waals surface area (Å²) in [6.45, 7) is 18.8. The van der Waals surface area contributed by atoms with Gasteiger partial charge in [0.15, 0.2) is 0 Å². The highest BCUT2D eigenvalue weighted by Gasteiger charge is 2.58. The van der Waals surface area contributed by atoms with Crippen LogP contribution in [0.3, 0.4) is 0 Å². The number of fused-ring (bicyclic) bond motifs is 4. The Morgan fingerprint density at radius 3 is 0.550 bits per heavy atom. The van der Waals surface area contributed by atoms with Crippen molar-refractivity contribution in [3.05, 3.63) is 171 Å². The van der Waals surface area contributed by atoms with E-state index in [2.05, 4.69) is 263 Å². The lowest BCUT2D eigenvalue weighted by Crippen LogP contribution is -2.91. The van der Waals surface area contributed by atoms with E-state index in [4.69, 9.17) is 0 Å². The molecule has 12 heteroatoms. The summed E-state index contributed by atoms with van der Waals surface area (Å²) in [7, 11) is 0. The molecule has 0 saturated carbocycles. The molecule has 0 amide bonds. The van der Waals surface area contributed by atoms with Gasteiger partial charge in [-0.15, -0.1) is 0 Å². The highest BCUT2D eigenvalue weighted by molar-refractivity contribution is 6.75. The van der Waals surface area contributed by atoms with Crippen molar-refractivity contribution in [1.82, 2.24) is 18.4 Å². The van der Waals surface area contributed by atoms with E-state index in [1.807, 2.05) is 0 Å². The van der Waals surface area contributed by atoms with Crippen LogP contribution in [0.15, 0.2) is 171 Å². The second-order valence-electron chi connectivity index (χ2n) is 25.0. The van der Waals surface area contributed by atoms with Crippen LogP contribution >= 0.6 is 0 Å². The molecule has 4 aromatic carbocycles. The van der Waals surface area contributed by atoms with Gasteiger partial charge in [-0.2, -0.15) is 0 Å². The van der Waals surface area contributed by atoms with Crippen LogP contribution in [-0.2, 0) is 0 Å². The third-order valence-electron chi connectivity index (χ3n) is 19.8. The van der Waals surface area contributed by atoms with Gasteiger partial charge in [-0.25, -0.2) is 0 Å². The van der Waals surface area contributed by atoms with Crippen LogP contribution < -0.4 is 18.4 Å². The van der Waals surface area contributed by atoms with E-state index in [9.17, 15) is 0 Å². The van der Waals surface area contributed by atoms with Gasteiger partial charge in [0.05, 0.1) is 22.3 Å². The number of nitrogens with zero attached hydrogens (tertiary/aromatic N) is 8. The van der Waals surface area contributed by atoms with Gasteiger partial charge < -0.3 is 36.7 Å². The summed E-state index contributed by atoms with van der Waals surface area (Å²) in [5.74, 6) is 0. The number of hydrogen-bond acceptors (Lipinski definition) is 0. The number of rotatable bonds is 28. The third-order valence-corrected chi connectivity index (χ3v) is 19.8. The number of hydrogen-bond donors (Lipinski definition) is 0. The predicted octanol–water partition coefficient (Wildman–Crippen LogP) is 16.8. The summed E-state index contributed by atoms with van der Waals surface area (Å²) >= 11 is 0. The van der Waals surface area contributed by atoms with Crippen molar-refractivity contribution in [3.8, 4) is 44.5 Å². The molecule has 0 N–H and O–H groups in total. The zero-order valence-corrected chi connectivity index (χ0v) is 51.0. The summed E-state index contributed by atoms with van der Waals surface area (Å²) in [5, 5.41) is 0. The molecule has 2 aliphatic heterocycles. The van der Waals surface area contributed by atoms with E-state index in [1.54, 1.807) is 0 Å². The molecule has 0 bridgehead atoms. The van der Waals surface area contributed by atoms with E-state index in [0.717, 1.165) is 0 Å². The molecule has 0 spiro atoms. The highest BCUT2D eigenvalue weighted by atomic mass is 15.5. The van der Waals surface area contributed by atoms with E-state index in [0.29, 0.717) is 0 Å². The molecule has 0 fully saturated rings. The molecular weight excluding hydrogens is 972 g/mol. The lowest BCUT2D eigenvalue weighted by molar-refractivity contribution is -0.716. The monoisotopic (exact) mass is 1070 g/mol. The maximum absolute atomic E-state index is 2.79. The maximum atomic E-state index is 2.79. The molecule has 8 nitrogen and oxygen atoms in total. The van der Waals surface area contributed by atoms with Gasteiger partial charge in [0, 0.05) is 24.8 Å². The van der Waals surface area contributed by atoms with Crippen LogP contribution in [-0.4, -0.2) is 44.0 Å². The van der Waals surface area contributed by atoms with Crippen molar-refractivity contribution in [2.45, 2.75) is 209 Å². The van der Waals surface area contributed by atoms with E-state index in [1.165, 1.54) is 198 Å². The average molecular weight is 1070 g/mol. The Morgan fingerprint density at radius 1 is 0.237 bits per heavy atom. The number of unbranched alkanes of at least 4 members (excludes halogenated alkanes) is 8. The van der Waals surface area contributed by atoms with Crippen LogP contribution in [0.5, 0.6) is 0 Å². The SMILES string of the molecule is CCCC[B-]1(CCCC)n2cc(-c3ccccc3)c[n+]2[B-](CCCC)(CCCC)n2cc(-c3ccccc3)c[n+]21.CCCC[B-]1(CCCC)n2cc(-c3ccccc3)c[n+]2[B-](CCCC)(CCCC)n2cc(-c3ccccc3)c[n+]21. The largest absolute Gasteiger partial charge is 0.439 e. The van der Waals surface area contributed by atoms with E-state index >= 15 is 0 Å². The molecule has 6 heterocycles. The fourth-order valence-electron chi connectivity index (χ4n) is 15.4. The highest BCUT2D eigenvalue weighted by Crippen LogP contribution is 2.36. The molecule has 0 saturated heterocycles. The number of aromatic nitrogens is 8. The molecule has 2 aliphatic rings. The molecule has 0 aliphatic carbocycles. The topological polar surface area (TPSA) is 35.2 Å². The molecule has 8 aromatic rings. The average Bonchev–Trinajstić information content (AvgIpc) is 4.43. The molecule has 0 unspecified atom stereocenters. The molecule has 80 heavy (non-hydrogen) atoms. The van der Waals surface area contributed by atoms with Gasteiger partial charge in [-0.3, -0.25) is 0 Å². The lowest BCUT2D eigenvalue weighted by Gasteiger charge is -2.48. The first-order valence-electron chi connectivity index (χ1n) is 32.8. The zero-order valence-electron chi connectivity index (χ0n) is 51.0. The van der Waals surface area contributed by atoms with Crippen molar-refractivity contribution in [3.63, 3.8) is 0 Å². The molecule has 10 rings (SSSR count). The number of benzene rings is 4. The van der Waals surface area contributed by atoms with Crippen LogP contribution in [0.2, 0.25) is 50.6 Å². The van der Waals surface area contributed by atoms with Crippen LogP contribution in [0.4, 0.5) is 0 Å². The van der Waals surface area contributed by atoms with Crippen LogP contribution in [0.1, 0.15) is 158 Å². The van der Waals surface area contributed by atoms with Gasteiger partial charge >= 0.3 is 25.7 Å². The molecule has 0 atom stereocenters. The summed E-state index contributed by atoms with van der Waals surface area (Å²) in [6, 6.07) is 44.2. The fourth-order valence-corrected chi connectivity index (χ4v) is 15.4. The Bertz CT molecular complexity index is 2590. The molecular formula is C68H100B4N8. The van der Waals surface area contributed by atoms with Gasteiger partial charge in [-0.05, 0) is 22.3 Å². The van der Waals surface area contributed by atoms with Gasteiger partial charge in [-0.1, -0.05) is 330 Å². The Labute approximate surface area is 484 Å². The molecule has 4 aromatic heterocycles. The first-order valence-corrected chi connectivity index (χ1v) is 32.8. The summed E-state index contributed by atoms with van der Waals surface area (Å²) in [4.78, 5) is 0. The standard InChI is InChI=1S/2C34H50B2N4/c2*1-5-9-23-35(24-10-6-2)37-27-33(31-19-15-13-16-20-31)29-39(37)36(25-11-7-3,26-12-8-4)40-30-34(28-38(35)40)32-21-17-14-18-22-32/h2*13-22,27-30H,5-12,23-26H2,1-4H3. The smallest absolute Gasteiger partial charge is 0.342 e. The summed E-state index contributed by atoms with van der Waals surface area (Å²) in [5.41, 5.74) is 10.7. The van der Waals surface area contributed by atoms with Gasteiger partial charge in [0.1, 0.15) is 24.8 Å². The van der Waals surface area contributed by atoms with E-state index < -0.39 is 25.7 Å². The fraction of sp³-hybridized carbons (Fsp3) is 0.471. The zero-order chi connectivity index (χ0) is 56.0. The predicted molar refractivity (Wildman–Crippen MR) is 344 cm³/mol. The van der Waals surface area contributed by atoms with Gasteiger partial charge in [0.2, 0.25) is 0 Å². The van der Waals surface area contributed by atoms with Gasteiger partial charge in [0.25, 0.3) is 0 Å². The third kappa shape index (κ3) is 11.4. The quantitative estimate of drug-likeness (QED) is 0.0438. The van der Waals surface area contributed by atoms with Crippen LogP contribution in [0.25, 0.3) is 44.5 Å².